The van der Waals surface area contributed by atoms with Crippen molar-refractivity contribution in [3.63, 3.8) is 0 Å². The Balaban J connectivity index is 1.56. The summed E-state index contributed by atoms with van der Waals surface area (Å²) in [6.45, 7) is 1.89. The molecule has 0 aliphatic heterocycles. The van der Waals surface area contributed by atoms with Crippen molar-refractivity contribution >= 4 is 68.0 Å². The summed E-state index contributed by atoms with van der Waals surface area (Å²) < 4.78 is 0.974. The van der Waals surface area contributed by atoms with E-state index >= 15 is 0 Å². The molecular formula is C22H20BrN3OS2. The minimum atomic E-state index is -0.247. The Hall–Kier alpha value is -2.35. The molecule has 0 saturated carbocycles. The van der Waals surface area contributed by atoms with Gasteiger partial charge in [0.25, 0.3) is 0 Å². The Kier molecular flexibility index (Phi) is 7.69. The molecule has 0 aliphatic carbocycles. The van der Waals surface area contributed by atoms with E-state index in [1.807, 2.05) is 85.8 Å². The van der Waals surface area contributed by atoms with Gasteiger partial charge in [-0.1, -0.05) is 40.2 Å². The molecular weight excluding hydrogens is 466 g/mol. The number of carbonyl (C=O) groups excluding carboxylic acids is 1. The standard InChI is InChI=1S/C22H20BrN3OS2/c1-15(21(27)24-18-12-10-16(23)11-13-18)29-20-9-5-8-19(14-20)26-22(28)25-17-6-3-2-4-7-17/h2-15H,1H3,(H,24,27)(H2,25,26,28). The van der Waals surface area contributed by atoms with Gasteiger partial charge in [0, 0.05) is 26.4 Å². The molecule has 29 heavy (non-hydrogen) atoms. The molecule has 3 aromatic carbocycles. The summed E-state index contributed by atoms with van der Waals surface area (Å²) in [5, 5.41) is 9.53. The molecule has 0 heterocycles. The first-order valence-corrected chi connectivity index (χ1v) is 11.0. The zero-order valence-corrected chi connectivity index (χ0v) is 18.9. The summed E-state index contributed by atoms with van der Waals surface area (Å²) >= 11 is 10.3. The Morgan fingerprint density at radius 3 is 2.21 bits per heavy atom. The quantitative estimate of drug-likeness (QED) is 0.279. The molecule has 0 saturated heterocycles. The number of carbonyl (C=O) groups is 1. The van der Waals surface area contributed by atoms with E-state index in [2.05, 4.69) is 31.9 Å². The molecule has 0 spiro atoms. The molecule has 3 rings (SSSR count). The zero-order chi connectivity index (χ0) is 20.6. The molecule has 148 valence electrons. The Morgan fingerprint density at radius 2 is 1.48 bits per heavy atom. The normalized spacial score (nSPS) is 11.4. The molecule has 1 amide bonds. The third-order valence-corrected chi connectivity index (χ3v) is 5.74. The molecule has 7 heteroatoms. The molecule has 0 bridgehead atoms. The summed E-state index contributed by atoms with van der Waals surface area (Å²) in [6.07, 6.45) is 0. The Bertz CT molecular complexity index is 981. The van der Waals surface area contributed by atoms with Crippen LogP contribution < -0.4 is 16.0 Å². The van der Waals surface area contributed by atoms with Gasteiger partial charge < -0.3 is 16.0 Å². The van der Waals surface area contributed by atoms with Crippen LogP contribution in [0.15, 0.2) is 88.2 Å². The van der Waals surface area contributed by atoms with Gasteiger partial charge in [-0.15, -0.1) is 11.8 Å². The lowest BCUT2D eigenvalue weighted by molar-refractivity contribution is -0.115. The van der Waals surface area contributed by atoms with Gasteiger partial charge in [-0.3, -0.25) is 4.79 Å². The predicted molar refractivity (Wildman–Crippen MR) is 131 cm³/mol. The summed E-state index contributed by atoms with van der Waals surface area (Å²) in [5.41, 5.74) is 2.57. The molecule has 0 aromatic heterocycles. The summed E-state index contributed by atoms with van der Waals surface area (Å²) in [5.74, 6) is -0.0445. The molecule has 0 fully saturated rings. The van der Waals surface area contributed by atoms with Crippen molar-refractivity contribution in [2.75, 3.05) is 16.0 Å². The highest BCUT2D eigenvalue weighted by Crippen LogP contribution is 2.27. The smallest absolute Gasteiger partial charge is 0.237 e. The van der Waals surface area contributed by atoms with Crippen LogP contribution >= 0.6 is 39.9 Å². The van der Waals surface area contributed by atoms with Gasteiger partial charge in [-0.05, 0) is 73.7 Å². The fourth-order valence-electron chi connectivity index (χ4n) is 2.50. The largest absolute Gasteiger partial charge is 0.332 e. The van der Waals surface area contributed by atoms with Gasteiger partial charge in [0.2, 0.25) is 5.91 Å². The SMILES string of the molecule is CC(Sc1cccc(NC(=S)Nc2ccccc2)c1)C(=O)Nc1ccc(Br)cc1. The van der Waals surface area contributed by atoms with Crippen LogP contribution in [0.2, 0.25) is 0 Å². The van der Waals surface area contributed by atoms with Gasteiger partial charge >= 0.3 is 0 Å². The third-order valence-electron chi connectivity index (χ3n) is 3.92. The number of rotatable bonds is 6. The fourth-order valence-corrected chi connectivity index (χ4v) is 3.92. The van der Waals surface area contributed by atoms with Crippen LogP contribution in [-0.4, -0.2) is 16.3 Å². The van der Waals surface area contributed by atoms with Crippen LogP contribution in [-0.2, 0) is 4.79 Å². The van der Waals surface area contributed by atoms with Crippen molar-refractivity contribution in [2.24, 2.45) is 0 Å². The van der Waals surface area contributed by atoms with E-state index in [0.29, 0.717) is 5.11 Å². The number of halogens is 1. The van der Waals surface area contributed by atoms with E-state index in [4.69, 9.17) is 12.2 Å². The maximum atomic E-state index is 12.5. The Labute approximate surface area is 188 Å². The molecule has 4 nitrogen and oxygen atoms in total. The van der Waals surface area contributed by atoms with Gasteiger partial charge in [-0.2, -0.15) is 0 Å². The number of benzene rings is 3. The first-order chi connectivity index (χ1) is 14.0. The van der Waals surface area contributed by atoms with E-state index in [1.54, 1.807) is 0 Å². The minimum Gasteiger partial charge on any atom is -0.332 e. The van der Waals surface area contributed by atoms with Gasteiger partial charge in [0.05, 0.1) is 5.25 Å². The molecule has 3 aromatic rings. The maximum absolute atomic E-state index is 12.5. The third kappa shape index (κ3) is 6.88. The monoisotopic (exact) mass is 485 g/mol. The summed E-state index contributed by atoms with van der Waals surface area (Å²) in [4.78, 5) is 13.5. The fraction of sp³-hybridized carbons (Fsp3) is 0.0909. The lowest BCUT2D eigenvalue weighted by Crippen LogP contribution is -2.22. The van der Waals surface area contributed by atoms with Crippen LogP contribution in [0.25, 0.3) is 0 Å². The average molecular weight is 486 g/mol. The average Bonchev–Trinajstić information content (AvgIpc) is 2.70. The summed E-state index contributed by atoms with van der Waals surface area (Å²) in [7, 11) is 0. The van der Waals surface area contributed by atoms with E-state index in [1.165, 1.54) is 11.8 Å². The van der Waals surface area contributed by atoms with Gasteiger partial charge in [-0.25, -0.2) is 0 Å². The Morgan fingerprint density at radius 1 is 0.862 bits per heavy atom. The van der Waals surface area contributed by atoms with Crippen molar-refractivity contribution < 1.29 is 4.79 Å². The number of hydrogen-bond acceptors (Lipinski definition) is 3. The lowest BCUT2D eigenvalue weighted by atomic mass is 10.3. The number of hydrogen-bond donors (Lipinski definition) is 3. The van der Waals surface area contributed by atoms with Crippen molar-refractivity contribution in [3.8, 4) is 0 Å². The van der Waals surface area contributed by atoms with Crippen molar-refractivity contribution in [3.05, 3.63) is 83.3 Å². The maximum Gasteiger partial charge on any atom is 0.237 e. The second-order valence-corrected chi connectivity index (χ2v) is 8.97. The van der Waals surface area contributed by atoms with Gasteiger partial charge in [0.15, 0.2) is 5.11 Å². The molecule has 1 unspecified atom stereocenters. The van der Waals surface area contributed by atoms with Crippen molar-refractivity contribution in [1.82, 2.24) is 0 Å². The minimum absolute atomic E-state index is 0.0445. The number of para-hydroxylation sites is 1. The van der Waals surface area contributed by atoms with Crippen LogP contribution in [0.3, 0.4) is 0 Å². The number of amides is 1. The second kappa shape index (κ2) is 10.4. The molecule has 1 atom stereocenters. The van der Waals surface area contributed by atoms with Crippen LogP contribution in [0, 0.1) is 0 Å². The lowest BCUT2D eigenvalue weighted by Gasteiger charge is -2.14. The highest BCUT2D eigenvalue weighted by atomic mass is 79.9. The van der Waals surface area contributed by atoms with E-state index in [0.717, 1.165) is 26.4 Å². The number of thiocarbonyl (C=S) groups is 1. The van der Waals surface area contributed by atoms with Crippen LogP contribution in [0.5, 0.6) is 0 Å². The first-order valence-electron chi connectivity index (χ1n) is 8.96. The van der Waals surface area contributed by atoms with E-state index in [-0.39, 0.29) is 11.2 Å². The van der Waals surface area contributed by atoms with E-state index < -0.39 is 0 Å². The van der Waals surface area contributed by atoms with Crippen LogP contribution in [0.1, 0.15) is 6.92 Å². The first kappa shape index (κ1) is 21.4. The topological polar surface area (TPSA) is 53.2 Å². The number of nitrogens with one attached hydrogen (secondary N) is 3. The van der Waals surface area contributed by atoms with Gasteiger partial charge in [0.1, 0.15) is 0 Å². The zero-order valence-electron chi connectivity index (χ0n) is 15.7. The summed E-state index contributed by atoms with van der Waals surface area (Å²) in [6, 6.07) is 25.1. The van der Waals surface area contributed by atoms with E-state index in [9.17, 15) is 4.79 Å². The predicted octanol–water partition coefficient (Wildman–Crippen LogP) is 6.38. The number of thioether (sulfide) groups is 1. The van der Waals surface area contributed by atoms with Crippen LogP contribution in [0.4, 0.5) is 17.1 Å². The molecule has 3 N–H and O–H groups in total. The van der Waals surface area contributed by atoms with Crippen molar-refractivity contribution in [1.29, 1.82) is 0 Å². The number of anilines is 3. The van der Waals surface area contributed by atoms with Crippen molar-refractivity contribution in [2.45, 2.75) is 17.1 Å². The second-order valence-electron chi connectivity index (χ2n) is 6.23. The highest BCUT2D eigenvalue weighted by Gasteiger charge is 2.15. The molecule has 0 radical (unpaired) electrons. The molecule has 0 aliphatic rings. The highest BCUT2D eigenvalue weighted by molar-refractivity contribution is 9.10.